The summed E-state index contributed by atoms with van der Waals surface area (Å²) in [5, 5.41) is 11.3. The lowest BCUT2D eigenvalue weighted by molar-refractivity contribution is -0.142. The highest BCUT2D eigenvalue weighted by Crippen LogP contribution is 2.24. The Morgan fingerprint density at radius 3 is 2.27 bits per heavy atom. The van der Waals surface area contributed by atoms with Crippen LogP contribution >= 0.6 is 0 Å². The van der Waals surface area contributed by atoms with Crippen LogP contribution in [0.5, 0.6) is 0 Å². The summed E-state index contributed by atoms with van der Waals surface area (Å²) in [5.41, 5.74) is -0.533. The van der Waals surface area contributed by atoms with Crippen molar-refractivity contribution in [2.45, 2.75) is 45.8 Å². The number of carbonyl (C=O) groups is 2. The van der Waals surface area contributed by atoms with Crippen molar-refractivity contribution < 1.29 is 19.4 Å². The molecule has 0 radical (unpaired) electrons. The average Bonchev–Trinajstić information content (AvgIpc) is 2.81. The Kier molecular flexibility index (Phi) is 3.21. The first kappa shape index (κ1) is 11.8. The lowest BCUT2D eigenvalue weighted by Gasteiger charge is -2.27. The molecule has 1 rings (SSSR count). The van der Waals surface area contributed by atoms with Crippen LogP contribution in [0.1, 0.15) is 33.6 Å². The predicted octanol–water partition coefficient (Wildman–Crippen LogP) is 1.37. The van der Waals surface area contributed by atoms with Crippen molar-refractivity contribution in [3.63, 3.8) is 0 Å². The van der Waals surface area contributed by atoms with Crippen LogP contribution in [-0.4, -0.2) is 29.3 Å². The Labute approximate surface area is 88.8 Å². The molecule has 1 atom stereocenters. The van der Waals surface area contributed by atoms with E-state index in [-0.39, 0.29) is 6.10 Å². The lowest BCUT2D eigenvalue weighted by Crippen LogP contribution is -2.49. The van der Waals surface area contributed by atoms with Crippen LogP contribution in [0.15, 0.2) is 0 Å². The van der Waals surface area contributed by atoms with E-state index in [0.29, 0.717) is 0 Å². The third-order valence-corrected chi connectivity index (χ3v) is 2.17. The van der Waals surface area contributed by atoms with Gasteiger partial charge in [-0.1, -0.05) is 20.8 Å². The van der Waals surface area contributed by atoms with E-state index in [4.69, 9.17) is 9.84 Å². The molecule has 0 unspecified atom stereocenters. The standard InChI is InChI=1S/C10H17NO4/c1-10(2,3)7(8(12)13)11-9(14)15-6-4-5-6/h6-7H,4-5H2,1-3H3,(H,11,14)(H,12,13)/t7-/m1/s1. The van der Waals surface area contributed by atoms with Crippen LogP contribution in [0, 0.1) is 5.41 Å². The highest BCUT2D eigenvalue weighted by molar-refractivity contribution is 5.80. The predicted molar refractivity (Wildman–Crippen MR) is 53.5 cm³/mol. The SMILES string of the molecule is CC(C)(C)[C@H](NC(=O)OC1CC1)C(=O)O. The average molecular weight is 215 g/mol. The molecule has 1 aliphatic rings. The summed E-state index contributed by atoms with van der Waals surface area (Å²) in [7, 11) is 0. The van der Waals surface area contributed by atoms with E-state index in [1.807, 2.05) is 0 Å². The van der Waals surface area contributed by atoms with Gasteiger partial charge in [0.2, 0.25) is 0 Å². The zero-order valence-electron chi connectivity index (χ0n) is 9.24. The molecule has 0 aromatic rings. The first-order chi connectivity index (χ1) is 6.80. The molecule has 1 fully saturated rings. The van der Waals surface area contributed by atoms with E-state index in [1.165, 1.54) is 0 Å². The molecule has 0 saturated heterocycles. The van der Waals surface area contributed by atoms with Crippen molar-refractivity contribution in [1.82, 2.24) is 5.32 Å². The van der Waals surface area contributed by atoms with Gasteiger partial charge in [-0.3, -0.25) is 0 Å². The smallest absolute Gasteiger partial charge is 0.408 e. The molecule has 0 aromatic heterocycles. The molecular weight excluding hydrogens is 198 g/mol. The van der Waals surface area contributed by atoms with E-state index in [9.17, 15) is 9.59 Å². The number of ether oxygens (including phenoxy) is 1. The summed E-state index contributed by atoms with van der Waals surface area (Å²) < 4.78 is 4.92. The summed E-state index contributed by atoms with van der Waals surface area (Å²) in [6, 6.07) is -0.927. The van der Waals surface area contributed by atoms with Gasteiger partial charge in [-0.25, -0.2) is 9.59 Å². The number of hydrogen-bond donors (Lipinski definition) is 2. The van der Waals surface area contributed by atoms with Gasteiger partial charge in [0.25, 0.3) is 0 Å². The quantitative estimate of drug-likeness (QED) is 0.745. The lowest BCUT2D eigenvalue weighted by atomic mass is 9.87. The normalized spacial score (nSPS) is 18.1. The number of aliphatic carboxylic acids is 1. The molecular formula is C10H17NO4. The molecule has 86 valence electrons. The number of nitrogens with one attached hydrogen (secondary N) is 1. The van der Waals surface area contributed by atoms with E-state index in [2.05, 4.69) is 5.32 Å². The first-order valence-corrected chi connectivity index (χ1v) is 5.00. The fraction of sp³-hybridized carbons (Fsp3) is 0.800. The van der Waals surface area contributed by atoms with Crippen molar-refractivity contribution in [3.8, 4) is 0 Å². The Balaban J connectivity index is 2.49. The van der Waals surface area contributed by atoms with Gasteiger partial charge in [-0.05, 0) is 18.3 Å². The zero-order valence-corrected chi connectivity index (χ0v) is 9.24. The number of hydrogen-bond acceptors (Lipinski definition) is 3. The van der Waals surface area contributed by atoms with Crippen LogP contribution < -0.4 is 5.32 Å². The molecule has 0 aliphatic heterocycles. The summed E-state index contributed by atoms with van der Waals surface area (Å²) in [6.45, 7) is 5.26. The Morgan fingerprint density at radius 1 is 1.40 bits per heavy atom. The van der Waals surface area contributed by atoms with Gasteiger partial charge in [0.05, 0.1) is 0 Å². The van der Waals surface area contributed by atoms with Crippen LogP contribution in [-0.2, 0) is 9.53 Å². The number of amides is 1. The zero-order chi connectivity index (χ0) is 11.6. The fourth-order valence-electron chi connectivity index (χ4n) is 1.14. The van der Waals surface area contributed by atoms with Gasteiger partial charge in [0, 0.05) is 0 Å². The van der Waals surface area contributed by atoms with E-state index >= 15 is 0 Å². The largest absolute Gasteiger partial charge is 0.480 e. The monoisotopic (exact) mass is 215 g/mol. The highest BCUT2D eigenvalue weighted by Gasteiger charge is 2.34. The second kappa shape index (κ2) is 4.08. The maximum absolute atomic E-state index is 11.3. The van der Waals surface area contributed by atoms with E-state index in [0.717, 1.165) is 12.8 Å². The molecule has 5 nitrogen and oxygen atoms in total. The Bertz CT molecular complexity index is 265. The second-order valence-electron chi connectivity index (χ2n) is 4.89. The molecule has 5 heteroatoms. The van der Waals surface area contributed by atoms with E-state index < -0.39 is 23.5 Å². The molecule has 1 aliphatic carbocycles. The summed E-state index contributed by atoms with van der Waals surface area (Å²) in [5.74, 6) is -1.05. The van der Waals surface area contributed by atoms with Gasteiger partial charge in [0.15, 0.2) is 0 Å². The molecule has 1 saturated carbocycles. The molecule has 0 heterocycles. The Morgan fingerprint density at radius 2 is 1.93 bits per heavy atom. The van der Waals surface area contributed by atoms with Gasteiger partial charge >= 0.3 is 12.1 Å². The third kappa shape index (κ3) is 3.77. The molecule has 15 heavy (non-hydrogen) atoms. The number of carbonyl (C=O) groups excluding carboxylic acids is 1. The maximum atomic E-state index is 11.3. The van der Waals surface area contributed by atoms with Gasteiger partial charge in [0.1, 0.15) is 12.1 Å². The topological polar surface area (TPSA) is 75.6 Å². The van der Waals surface area contributed by atoms with Crippen molar-refractivity contribution in [3.05, 3.63) is 0 Å². The molecule has 0 spiro atoms. The minimum absolute atomic E-state index is 0.0144. The fourth-order valence-corrected chi connectivity index (χ4v) is 1.14. The van der Waals surface area contributed by atoms with Gasteiger partial charge in [-0.2, -0.15) is 0 Å². The second-order valence-corrected chi connectivity index (χ2v) is 4.89. The van der Waals surface area contributed by atoms with Crippen LogP contribution in [0.2, 0.25) is 0 Å². The van der Waals surface area contributed by atoms with Crippen molar-refractivity contribution in [2.24, 2.45) is 5.41 Å². The summed E-state index contributed by atoms with van der Waals surface area (Å²) in [4.78, 5) is 22.2. The van der Waals surface area contributed by atoms with E-state index in [1.54, 1.807) is 20.8 Å². The summed E-state index contributed by atoms with van der Waals surface area (Å²) >= 11 is 0. The van der Waals surface area contributed by atoms with Crippen LogP contribution in [0.4, 0.5) is 4.79 Å². The third-order valence-electron chi connectivity index (χ3n) is 2.17. The number of rotatable bonds is 3. The van der Waals surface area contributed by atoms with Crippen molar-refractivity contribution in [1.29, 1.82) is 0 Å². The molecule has 0 bridgehead atoms. The maximum Gasteiger partial charge on any atom is 0.408 e. The number of carboxylic acids is 1. The van der Waals surface area contributed by atoms with Gasteiger partial charge in [-0.15, -0.1) is 0 Å². The number of alkyl carbamates (subject to hydrolysis) is 1. The molecule has 2 N–H and O–H groups in total. The highest BCUT2D eigenvalue weighted by atomic mass is 16.6. The van der Waals surface area contributed by atoms with Crippen LogP contribution in [0.3, 0.4) is 0 Å². The molecule has 0 aromatic carbocycles. The van der Waals surface area contributed by atoms with Crippen molar-refractivity contribution in [2.75, 3.05) is 0 Å². The number of carboxylic acid groups (broad SMARTS) is 1. The van der Waals surface area contributed by atoms with Crippen molar-refractivity contribution >= 4 is 12.1 Å². The van der Waals surface area contributed by atoms with Gasteiger partial charge < -0.3 is 15.2 Å². The Hall–Kier alpha value is -1.26. The van der Waals surface area contributed by atoms with Crippen LogP contribution in [0.25, 0.3) is 0 Å². The summed E-state index contributed by atoms with van der Waals surface area (Å²) in [6.07, 6.45) is 1.10. The molecule has 1 amide bonds. The minimum atomic E-state index is -1.05. The minimum Gasteiger partial charge on any atom is -0.480 e. The first-order valence-electron chi connectivity index (χ1n) is 5.00.